The Morgan fingerprint density at radius 2 is 2.22 bits per heavy atom. The Morgan fingerprint density at radius 3 is 2.89 bits per heavy atom. The standard InChI is InChI=1S/C15H22N2O/c1-12(13-6-3-2-4-7-13)10-17-15(18)14-8-5-9-16-11-14/h2-4,6-7,12,14,16H,5,8-11H2,1H3,(H,17,18)/t12-,14+/m0/s1. The Kier molecular flexibility index (Phi) is 4.76. The summed E-state index contributed by atoms with van der Waals surface area (Å²) in [5, 5.41) is 6.35. The molecule has 3 heteroatoms. The van der Waals surface area contributed by atoms with E-state index >= 15 is 0 Å². The van der Waals surface area contributed by atoms with Gasteiger partial charge in [0.25, 0.3) is 0 Å². The molecule has 3 nitrogen and oxygen atoms in total. The molecule has 2 N–H and O–H groups in total. The molecule has 0 unspecified atom stereocenters. The second-order valence-electron chi connectivity index (χ2n) is 5.10. The third kappa shape index (κ3) is 3.57. The van der Waals surface area contributed by atoms with Crippen LogP contribution >= 0.6 is 0 Å². The van der Waals surface area contributed by atoms with Crippen molar-refractivity contribution in [2.45, 2.75) is 25.7 Å². The van der Waals surface area contributed by atoms with Gasteiger partial charge in [-0.3, -0.25) is 4.79 Å². The maximum absolute atomic E-state index is 12.0. The minimum atomic E-state index is 0.154. The normalized spacial score (nSPS) is 21.3. The Hall–Kier alpha value is -1.35. The van der Waals surface area contributed by atoms with E-state index in [4.69, 9.17) is 0 Å². The average Bonchev–Trinajstić information content (AvgIpc) is 2.46. The lowest BCUT2D eigenvalue weighted by Gasteiger charge is -2.23. The molecule has 2 atom stereocenters. The van der Waals surface area contributed by atoms with Crippen LogP contribution in [0.2, 0.25) is 0 Å². The number of piperidine rings is 1. The van der Waals surface area contributed by atoms with Crippen molar-refractivity contribution >= 4 is 5.91 Å². The number of benzene rings is 1. The summed E-state index contributed by atoms with van der Waals surface area (Å²) in [6.45, 7) is 4.74. The first kappa shape index (κ1) is 13.1. The van der Waals surface area contributed by atoms with Gasteiger partial charge in [0.15, 0.2) is 0 Å². The van der Waals surface area contributed by atoms with Crippen LogP contribution in [0.4, 0.5) is 0 Å². The molecule has 1 aliphatic rings. The maximum atomic E-state index is 12.0. The van der Waals surface area contributed by atoms with Crippen LogP contribution in [0.25, 0.3) is 0 Å². The first-order chi connectivity index (χ1) is 8.77. The number of nitrogens with one attached hydrogen (secondary N) is 2. The first-order valence-electron chi connectivity index (χ1n) is 6.80. The van der Waals surface area contributed by atoms with Gasteiger partial charge in [-0.25, -0.2) is 0 Å². The number of rotatable bonds is 4. The van der Waals surface area contributed by atoms with Gasteiger partial charge in [-0.2, -0.15) is 0 Å². The van der Waals surface area contributed by atoms with Crippen LogP contribution in [0.5, 0.6) is 0 Å². The van der Waals surface area contributed by atoms with Gasteiger partial charge in [-0.05, 0) is 30.9 Å². The zero-order chi connectivity index (χ0) is 12.8. The molecule has 0 bridgehead atoms. The molecule has 0 aromatic heterocycles. The summed E-state index contributed by atoms with van der Waals surface area (Å²) < 4.78 is 0. The van der Waals surface area contributed by atoms with Gasteiger partial charge in [-0.1, -0.05) is 37.3 Å². The number of hydrogen-bond donors (Lipinski definition) is 2. The van der Waals surface area contributed by atoms with Crippen molar-refractivity contribution in [3.8, 4) is 0 Å². The lowest BCUT2D eigenvalue weighted by molar-refractivity contribution is -0.125. The summed E-state index contributed by atoms with van der Waals surface area (Å²) in [5.41, 5.74) is 1.28. The van der Waals surface area contributed by atoms with Crippen LogP contribution < -0.4 is 10.6 Å². The highest BCUT2D eigenvalue weighted by molar-refractivity contribution is 5.79. The molecular weight excluding hydrogens is 224 g/mol. The maximum Gasteiger partial charge on any atom is 0.224 e. The van der Waals surface area contributed by atoms with Gasteiger partial charge in [0.1, 0.15) is 0 Å². The van der Waals surface area contributed by atoms with Gasteiger partial charge in [0.2, 0.25) is 5.91 Å². The topological polar surface area (TPSA) is 41.1 Å². The Morgan fingerprint density at radius 1 is 1.44 bits per heavy atom. The second kappa shape index (κ2) is 6.55. The zero-order valence-electron chi connectivity index (χ0n) is 11.0. The molecule has 0 saturated carbocycles. The molecular formula is C15H22N2O. The zero-order valence-corrected chi connectivity index (χ0v) is 11.0. The summed E-state index contributed by atoms with van der Waals surface area (Å²) in [6.07, 6.45) is 2.12. The summed E-state index contributed by atoms with van der Waals surface area (Å²) in [5.74, 6) is 0.721. The van der Waals surface area contributed by atoms with E-state index in [0.717, 1.165) is 32.5 Å². The molecule has 1 heterocycles. The average molecular weight is 246 g/mol. The van der Waals surface area contributed by atoms with E-state index in [2.05, 4.69) is 29.7 Å². The largest absolute Gasteiger partial charge is 0.355 e. The van der Waals surface area contributed by atoms with E-state index in [0.29, 0.717) is 5.92 Å². The van der Waals surface area contributed by atoms with E-state index in [9.17, 15) is 4.79 Å². The quantitative estimate of drug-likeness (QED) is 0.852. The number of amides is 1. The highest BCUT2D eigenvalue weighted by atomic mass is 16.1. The predicted molar refractivity (Wildman–Crippen MR) is 73.5 cm³/mol. The molecule has 0 spiro atoms. The minimum Gasteiger partial charge on any atom is -0.355 e. The monoisotopic (exact) mass is 246 g/mol. The van der Waals surface area contributed by atoms with E-state index in [1.807, 2.05) is 18.2 Å². The van der Waals surface area contributed by atoms with Crippen LogP contribution in [0.1, 0.15) is 31.2 Å². The van der Waals surface area contributed by atoms with E-state index in [1.165, 1.54) is 5.56 Å². The fourth-order valence-corrected chi connectivity index (χ4v) is 2.37. The van der Waals surface area contributed by atoms with Crippen molar-refractivity contribution in [3.05, 3.63) is 35.9 Å². The molecule has 98 valence electrons. The van der Waals surface area contributed by atoms with Crippen molar-refractivity contribution in [1.29, 1.82) is 0 Å². The van der Waals surface area contributed by atoms with E-state index in [1.54, 1.807) is 0 Å². The van der Waals surface area contributed by atoms with Crippen molar-refractivity contribution in [2.24, 2.45) is 5.92 Å². The lowest BCUT2D eigenvalue weighted by atomic mass is 9.97. The molecule has 1 saturated heterocycles. The minimum absolute atomic E-state index is 0.154. The Balaban J connectivity index is 1.78. The van der Waals surface area contributed by atoms with Gasteiger partial charge in [-0.15, -0.1) is 0 Å². The Bertz CT molecular complexity index is 371. The van der Waals surface area contributed by atoms with E-state index in [-0.39, 0.29) is 11.8 Å². The van der Waals surface area contributed by atoms with Crippen LogP contribution in [-0.4, -0.2) is 25.5 Å². The Labute approximate surface area is 109 Å². The van der Waals surface area contributed by atoms with Crippen LogP contribution in [0.15, 0.2) is 30.3 Å². The van der Waals surface area contributed by atoms with E-state index < -0.39 is 0 Å². The summed E-state index contributed by atoms with van der Waals surface area (Å²) in [4.78, 5) is 12.0. The fourth-order valence-electron chi connectivity index (χ4n) is 2.37. The van der Waals surface area contributed by atoms with Crippen molar-refractivity contribution < 1.29 is 4.79 Å². The van der Waals surface area contributed by atoms with Crippen molar-refractivity contribution in [3.63, 3.8) is 0 Å². The third-order valence-corrected chi connectivity index (χ3v) is 3.62. The molecule has 0 radical (unpaired) electrons. The van der Waals surface area contributed by atoms with Gasteiger partial charge in [0.05, 0.1) is 5.92 Å². The SMILES string of the molecule is C[C@@H](CNC(=O)[C@@H]1CCCNC1)c1ccccc1. The number of carbonyl (C=O) groups is 1. The summed E-state index contributed by atoms with van der Waals surface area (Å²) in [7, 11) is 0. The smallest absolute Gasteiger partial charge is 0.224 e. The molecule has 1 aromatic carbocycles. The third-order valence-electron chi connectivity index (χ3n) is 3.62. The summed E-state index contributed by atoms with van der Waals surface area (Å²) in [6, 6.07) is 10.3. The molecule has 0 aliphatic carbocycles. The van der Waals surface area contributed by atoms with Gasteiger partial charge < -0.3 is 10.6 Å². The van der Waals surface area contributed by atoms with Gasteiger partial charge in [0, 0.05) is 13.1 Å². The fraction of sp³-hybridized carbons (Fsp3) is 0.533. The summed E-state index contributed by atoms with van der Waals surface area (Å²) >= 11 is 0. The lowest BCUT2D eigenvalue weighted by Crippen LogP contribution is -2.41. The molecule has 1 aliphatic heterocycles. The van der Waals surface area contributed by atoms with Crippen LogP contribution in [0, 0.1) is 5.92 Å². The second-order valence-corrected chi connectivity index (χ2v) is 5.10. The van der Waals surface area contributed by atoms with Crippen molar-refractivity contribution in [1.82, 2.24) is 10.6 Å². The first-order valence-corrected chi connectivity index (χ1v) is 6.80. The molecule has 1 aromatic rings. The predicted octanol–water partition coefficient (Wildman–Crippen LogP) is 1.91. The molecule has 1 fully saturated rings. The number of hydrogen-bond acceptors (Lipinski definition) is 2. The highest BCUT2D eigenvalue weighted by Crippen LogP contribution is 2.14. The molecule has 1 amide bonds. The highest BCUT2D eigenvalue weighted by Gasteiger charge is 2.20. The van der Waals surface area contributed by atoms with Gasteiger partial charge >= 0.3 is 0 Å². The van der Waals surface area contributed by atoms with Crippen LogP contribution in [-0.2, 0) is 4.79 Å². The molecule has 18 heavy (non-hydrogen) atoms. The van der Waals surface area contributed by atoms with Crippen LogP contribution in [0.3, 0.4) is 0 Å². The number of carbonyl (C=O) groups excluding carboxylic acids is 1. The van der Waals surface area contributed by atoms with Crippen molar-refractivity contribution in [2.75, 3.05) is 19.6 Å². The molecule has 2 rings (SSSR count).